The molecule has 30 heavy (non-hydrogen) atoms. The Hall–Kier alpha value is -3.21. The Labute approximate surface area is 169 Å². The van der Waals surface area contributed by atoms with Gasteiger partial charge in [-0.1, -0.05) is 0 Å². The molecule has 1 N–H and O–H groups in total. The van der Waals surface area contributed by atoms with Crippen LogP contribution < -0.4 is 10.1 Å². The van der Waals surface area contributed by atoms with Crippen LogP contribution in [0.5, 0.6) is 5.75 Å². The number of likely N-dealkylation sites (N-methyl/N-ethyl adjacent to an activating group) is 1. The molecule has 0 spiro atoms. The first-order valence-electron chi connectivity index (χ1n) is 9.33. The highest BCUT2D eigenvalue weighted by atomic mass is 19.4. The topological polar surface area (TPSA) is 84.6 Å². The van der Waals surface area contributed by atoms with Gasteiger partial charge in [-0.05, 0) is 44.6 Å². The first kappa shape index (κ1) is 20.1. The van der Waals surface area contributed by atoms with Crippen LogP contribution in [0.1, 0.15) is 18.4 Å². The van der Waals surface area contributed by atoms with Gasteiger partial charge in [0.15, 0.2) is 5.65 Å². The minimum atomic E-state index is -4.57. The number of carbonyl (C=O) groups is 1. The smallest absolute Gasteiger partial charge is 0.416 e. The third-order valence-electron chi connectivity index (χ3n) is 5.02. The predicted molar refractivity (Wildman–Crippen MR) is 102 cm³/mol. The molecule has 3 aromatic rings. The quantitative estimate of drug-likeness (QED) is 0.636. The van der Waals surface area contributed by atoms with Gasteiger partial charge in [-0.15, -0.1) is 10.2 Å². The van der Waals surface area contributed by atoms with E-state index in [1.807, 2.05) is 0 Å². The molecular weight excluding hydrogens is 401 g/mol. The molecule has 158 valence electrons. The number of imidazole rings is 1. The van der Waals surface area contributed by atoms with Crippen molar-refractivity contribution in [2.45, 2.75) is 25.1 Å². The predicted octanol–water partition coefficient (Wildman–Crippen LogP) is 2.85. The summed E-state index contributed by atoms with van der Waals surface area (Å²) >= 11 is 0. The van der Waals surface area contributed by atoms with Gasteiger partial charge in [0.25, 0.3) is 6.47 Å². The van der Waals surface area contributed by atoms with E-state index in [0.29, 0.717) is 11.6 Å². The summed E-state index contributed by atoms with van der Waals surface area (Å²) in [5.74, 6) is 0.213. The molecule has 0 amide bonds. The van der Waals surface area contributed by atoms with Gasteiger partial charge in [-0.2, -0.15) is 13.2 Å². The Balaban J connectivity index is 1.74. The van der Waals surface area contributed by atoms with Crippen LogP contribution >= 0.6 is 0 Å². The summed E-state index contributed by atoms with van der Waals surface area (Å²) < 4.78 is 45.6. The maximum atomic E-state index is 13.0. The van der Waals surface area contributed by atoms with Crippen molar-refractivity contribution in [3.8, 4) is 17.0 Å². The van der Waals surface area contributed by atoms with Crippen LogP contribution in [0.2, 0.25) is 0 Å². The first-order valence-corrected chi connectivity index (χ1v) is 9.33. The molecule has 0 unspecified atom stereocenters. The van der Waals surface area contributed by atoms with Crippen molar-refractivity contribution >= 4 is 18.1 Å². The molecule has 1 saturated heterocycles. The molecule has 0 radical (unpaired) electrons. The number of benzene rings is 1. The number of ether oxygens (including phenoxy) is 1. The van der Waals surface area contributed by atoms with E-state index in [2.05, 4.69) is 32.4 Å². The summed E-state index contributed by atoms with van der Waals surface area (Å²) in [6, 6.07) is 3.05. The van der Waals surface area contributed by atoms with Gasteiger partial charge in [0.1, 0.15) is 11.4 Å². The van der Waals surface area contributed by atoms with Gasteiger partial charge < -0.3 is 15.0 Å². The van der Waals surface area contributed by atoms with Crippen molar-refractivity contribution in [2.24, 2.45) is 0 Å². The molecule has 2 aromatic heterocycles. The van der Waals surface area contributed by atoms with Crippen LogP contribution in [0.25, 0.3) is 16.9 Å². The molecule has 11 heteroatoms. The van der Waals surface area contributed by atoms with Crippen molar-refractivity contribution in [3.05, 3.63) is 36.2 Å². The monoisotopic (exact) mass is 420 g/mol. The van der Waals surface area contributed by atoms with E-state index in [-0.39, 0.29) is 29.5 Å². The molecule has 0 saturated carbocycles. The highest BCUT2D eigenvalue weighted by Gasteiger charge is 2.32. The number of aromatic nitrogens is 4. The Morgan fingerprint density at radius 3 is 2.87 bits per heavy atom. The van der Waals surface area contributed by atoms with E-state index < -0.39 is 11.7 Å². The fourth-order valence-corrected chi connectivity index (χ4v) is 3.62. The number of piperidine rings is 1. The number of likely N-dealkylation sites (tertiary alicyclic amines) is 1. The summed E-state index contributed by atoms with van der Waals surface area (Å²) in [7, 11) is 2.05. The molecule has 1 aliphatic heterocycles. The van der Waals surface area contributed by atoms with Crippen molar-refractivity contribution in [2.75, 3.05) is 25.5 Å². The average Bonchev–Trinajstić information content (AvgIpc) is 3.18. The summed E-state index contributed by atoms with van der Waals surface area (Å²) in [5.41, 5.74) is -0.165. The molecule has 1 aromatic carbocycles. The van der Waals surface area contributed by atoms with E-state index >= 15 is 0 Å². The normalized spacial score (nSPS) is 17.8. The highest BCUT2D eigenvalue weighted by Crippen LogP contribution is 2.37. The molecule has 3 heterocycles. The summed E-state index contributed by atoms with van der Waals surface area (Å²) in [5, 5.41) is 11.8. The van der Waals surface area contributed by atoms with Crippen LogP contribution in [0.4, 0.5) is 19.1 Å². The molecule has 4 rings (SSSR count). The zero-order valence-electron chi connectivity index (χ0n) is 16.1. The van der Waals surface area contributed by atoms with Gasteiger partial charge in [0.2, 0.25) is 5.95 Å². The zero-order chi connectivity index (χ0) is 21.3. The Bertz CT molecular complexity index is 1070. The van der Waals surface area contributed by atoms with E-state index in [9.17, 15) is 18.0 Å². The summed E-state index contributed by atoms with van der Waals surface area (Å²) in [6.45, 7) is 1.97. The SMILES string of the molecule is CN1CCC[C@@H](Nc2nnc(-c3ccc(C(F)(F)F)cc3OC=O)c3nccn23)C1. The second-order valence-corrected chi connectivity index (χ2v) is 7.16. The fraction of sp³-hybridized carbons (Fsp3) is 0.368. The lowest BCUT2D eigenvalue weighted by Gasteiger charge is -2.30. The maximum absolute atomic E-state index is 13.0. The fourth-order valence-electron chi connectivity index (χ4n) is 3.62. The molecule has 0 bridgehead atoms. The van der Waals surface area contributed by atoms with Crippen molar-refractivity contribution in [1.82, 2.24) is 24.5 Å². The first-order chi connectivity index (χ1) is 14.4. The van der Waals surface area contributed by atoms with E-state index in [0.717, 1.165) is 38.1 Å². The van der Waals surface area contributed by atoms with Crippen LogP contribution in [0.15, 0.2) is 30.6 Å². The molecule has 8 nitrogen and oxygen atoms in total. The number of hydrogen-bond donors (Lipinski definition) is 1. The number of nitrogens with one attached hydrogen (secondary N) is 1. The van der Waals surface area contributed by atoms with E-state index in [1.54, 1.807) is 16.8 Å². The van der Waals surface area contributed by atoms with Gasteiger partial charge in [-0.25, -0.2) is 4.98 Å². The molecule has 1 aliphatic rings. The number of fused-ring (bicyclic) bond motifs is 1. The van der Waals surface area contributed by atoms with Crippen LogP contribution in [0, 0.1) is 0 Å². The summed E-state index contributed by atoms with van der Waals surface area (Å²) in [6.07, 6.45) is 0.705. The number of alkyl halides is 3. The minimum absolute atomic E-state index is 0.0741. The van der Waals surface area contributed by atoms with E-state index in [4.69, 9.17) is 4.74 Å². The standard InChI is InChI=1S/C19H19F3N6O2/c1-27-7-2-3-13(10-27)24-18-26-25-16(17-23-6-8-28(17)18)14-5-4-12(19(20,21)22)9-15(14)30-11-29/h4-6,8-9,11,13H,2-3,7,10H2,1H3,(H,24,26)/t13-/m1/s1. The van der Waals surface area contributed by atoms with Gasteiger partial charge in [-0.3, -0.25) is 9.20 Å². The van der Waals surface area contributed by atoms with Gasteiger partial charge >= 0.3 is 6.18 Å². The Kier molecular flexibility index (Phi) is 5.29. The molecule has 1 fully saturated rings. The number of rotatable bonds is 5. The lowest BCUT2D eigenvalue weighted by atomic mass is 10.1. The lowest BCUT2D eigenvalue weighted by molar-refractivity contribution is -0.138. The van der Waals surface area contributed by atoms with Crippen molar-refractivity contribution < 1.29 is 22.7 Å². The number of anilines is 1. The lowest BCUT2D eigenvalue weighted by Crippen LogP contribution is -2.40. The number of carbonyl (C=O) groups excluding carboxylic acids is 1. The van der Waals surface area contributed by atoms with Gasteiger partial charge in [0.05, 0.1) is 5.56 Å². The third-order valence-corrected chi connectivity index (χ3v) is 5.02. The molecule has 1 atom stereocenters. The van der Waals surface area contributed by atoms with Crippen LogP contribution in [0.3, 0.4) is 0 Å². The highest BCUT2D eigenvalue weighted by molar-refractivity contribution is 5.80. The second-order valence-electron chi connectivity index (χ2n) is 7.16. The van der Waals surface area contributed by atoms with Gasteiger partial charge in [0, 0.05) is 30.5 Å². The van der Waals surface area contributed by atoms with Crippen molar-refractivity contribution in [3.63, 3.8) is 0 Å². The zero-order valence-corrected chi connectivity index (χ0v) is 16.1. The average molecular weight is 420 g/mol. The number of halogens is 3. The third kappa shape index (κ3) is 3.92. The Morgan fingerprint density at radius 2 is 2.13 bits per heavy atom. The number of nitrogens with zero attached hydrogens (tertiary/aromatic N) is 5. The largest absolute Gasteiger partial charge is 0.428 e. The maximum Gasteiger partial charge on any atom is 0.416 e. The Morgan fingerprint density at radius 1 is 1.30 bits per heavy atom. The van der Waals surface area contributed by atoms with Crippen molar-refractivity contribution in [1.29, 1.82) is 0 Å². The minimum Gasteiger partial charge on any atom is -0.428 e. The van der Waals surface area contributed by atoms with Crippen LogP contribution in [-0.2, 0) is 11.0 Å². The number of hydrogen-bond acceptors (Lipinski definition) is 7. The van der Waals surface area contributed by atoms with Crippen LogP contribution in [-0.4, -0.2) is 57.1 Å². The second kappa shape index (κ2) is 7.90. The molecule has 0 aliphatic carbocycles. The molecular formula is C19H19F3N6O2. The summed E-state index contributed by atoms with van der Waals surface area (Å²) in [4.78, 5) is 17.4. The van der Waals surface area contributed by atoms with E-state index in [1.165, 1.54) is 6.07 Å².